The van der Waals surface area contributed by atoms with Crippen molar-refractivity contribution in [1.82, 2.24) is 9.55 Å². The minimum atomic E-state index is -2.53. The van der Waals surface area contributed by atoms with Crippen LogP contribution in [0, 0.1) is 0 Å². The SMILES string of the molecule is [2H]c1nc(N)n(C([2H])([2H])[2H])c1[2H]. The van der Waals surface area contributed by atoms with Crippen LogP contribution in [0.3, 0.4) is 0 Å². The van der Waals surface area contributed by atoms with Gasteiger partial charge in [-0.25, -0.2) is 4.98 Å². The molecule has 1 aromatic heterocycles. The van der Waals surface area contributed by atoms with Gasteiger partial charge in [-0.3, -0.25) is 0 Å². The van der Waals surface area contributed by atoms with E-state index in [0.29, 0.717) is 4.57 Å². The van der Waals surface area contributed by atoms with Crippen LogP contribution in [0.4, 0.5) is 5.95 Å². The first-order valence-electron chi connectivity index (χ1n) is 4.16. The molecule has 3 nitrogen and oxygen atoms in total. The number of nitrogens with two attached hydrogens (primary N) is 1. The predicted molar refractivity (Wildman–Crippen MR) is 27.6 cm³/mol. The second kappa shape index (κ2) is 1.26. The molecule has 0 fully saturated rings. The van der Waals surface area contributed by atoms with Gasteiger partial charge in [0.15, 0.2) is 5.95 Å². The average Bonchev–Trinajstić information content (AvgIpc) is 2.05. The van der Waals surface area contributed by atoms with E-state index < -0.39 is 19.3 Å². The summed E-state index contributed by atoms with van der Waals surface area (Å²) in [6.45, 7) is -2.53. The Bertz CT molecular complexity index is 300. The molecule has 38 valence electrons. The smallest absolute Gasteiger partial charge is 0.199 e. The summed E-state index contributed by atoms with van der Waals surface area (Å²) in [6.07, 6.45) is -0.920. The highest BCUT2D eigenvalue weighted by Gasteiger charge is 1.84. The molecule has 0 aliphatic carbocycles. The summed E-state index contributed by atoms with van der Waals surface area (Å²) in [7, 11) is 0. The quantitative estimate of drug-likeness (QED) is 0.501. The summed E-state index contributed by atoms with van der Waals surface area (Å²) in [4.78, 5) is 3.34. The zero-order valence-electron chi connectivity index (χ0n) is 8.47. The Hall–Kier alpha value is -0.990. The molecule has 3 heteroatoms. The van der Waals surface area contributed by atoms with Crippen LogP contribution < -0.4 is 5.73 Å². The van der Waals surface area contributed by atoms with Crippen molar-refractivity contribution >= 4 is 5.95 Å². The molecule has 0 radical (unpaired) electrons. The van der Waals surface area contributed by atoms with Crippen molar-refractivity contribution in [3.63, 3.8) is 0 Å². The van der Waals surface area contributed by atoms with Crippen molar-refractivity contribution in [3.8, 4) is 0 Å². The zero-order chi connectivity index (χ0) is 9.52. The maximum Gasteiger partial charge on any atom is 0.199 e. The molecule has 0 aliphatic rings. The molecule has 1 heterocycles. The molecule has 0 amide bonds. The third-order valence-electron chi connectivity index (χ3n) is 0.561. The first kappa shape index (κ1) is 1.24. The Morgan fingerprint density at radius 3 is 3.43 bits per heavy atom. The molecule has 1 aromatic rings. The van der Waals surface area contributed by atoms with Crippen molar-refractivity contribution in [2.45, 2.75) is 0 Å². The Morgan fingerprint density at radius 1 is 2.29 bits per heavy atom. The van der Waals surface area contributed by atoms with Crippen LogP contribution in [0.1, 0.15) is 6.85 Å². The monoisotopic (exact) mass is 102 g/mol. The summed E-state index contributed by atoms with van der Waals surface area (Å²) in [5.74, 6) is -0.329. The van der Waals surface area contributed by atoms with E-state index in [1.807, 2.05) is 0 Å². The van der Waals surface area contributed by atoms with Crippen molar-refractivity contribution in [2.24, 2.45) is 6.98 Å². The highest BCUT2D eigenvalue weighted by molar-refractivity contribution is 5.15. The van der Waals surface area contributed by atoms with Crippen molar-refractivity contribution in [1.29, 1.82) is 0 Å². The van der Waals surface area contributed by atoms with Crippen LogP contribution in [0.15, 0.2) is 12.3 Å². The number of rotatable bonds is 0. The molecule has 0 aromatic carbocycles. The van der Waals surface area contributed by atoms with Crippen molar-refractivity contribution in [2.75, 3.05) is 5.73 Å². The Balaban J connectivity index is 3.32. The Morgan fingerprint density at radius 2 is 3.14 bits per heavy atom. The van der Waals surface area contributed by atoms with Gasteiger partial charge in [0, 0.05) is 23.4 Å². The van der Waals surface area contributed by atoms with E-state index in [9.17, 15) is 0 Å². The van der Waals surface area contributed by atoms with E-state index in [4.69, 9.17) is 12.6 Å². The summed E-state index contributed by atoms with van der Waals surface area (Å²) >= 11 is 0. The van der Waals surface area contributed by atoms with Gasteiger partial charge in [-0.1, -0.05) is 0 Å². The molecule has 1 rings (SSSR count). The number of nitrogens with zero attached hydrogens (tertiary/aromatic N) is 2. The fraction of sp³-hybridized carbons (Fsp3) is 0.250. The lowest BCUT2D eigenvalue weighted by molar-refractivity contribution is 0.930. The molecule has 0 spiro atoms. The predicted octanol–water partition coefficient (Wildman–Crippen LogP) is 0.00230. The van der Waals surface area contributed by atoms with Gasteiger partial charge >= 0.3 is 0 Å². The van der Waals surface area contributed by atoms with E-state index in [2.05, 4.69) is 4.98 Å². The number of nitrogen functional groups attached to an aromatic ring is 1. The van der Waals surface area contributed by atoms with E-state index in [0.717, 1.165) is 0 Å². The highest BCUT2D eigenvalue weighted by atomic mass is 15.1. The van der Waals surface area contributed by atoms with Gasteiger partial charge in [0.1, 0.15) is 0 Å². The van der Waals surface area contributed by atoms with Gasteiger partial charge < -0.3 is 10.3 Å². The number of hydrogen-bond donors (Lipinski definition) is 1. The van der Waals surface area contributed by atoms with Crippen LogP contribution in [0.25, 0.3) is 0 Å². The first-order chi connectivity index (χ1) is 5.34. The normalized spacial score (nSPS) is 21.4. The fourth-order valence-electron chi connectivity index (χ4n) is 0.240. The van der Waals surface area contributed by atoms with Gasteiger partial charge in [0.25, 0.3) is 0 Å². The number of hydrogen-bond acceptors (Lipinski definition) is 2. The van der Waals surface area contributed by atoms with Gasteiger partial charge in [-0.15, -0.1) is 0 Å². The second-order valence-electron chi connectivity index (χ2n) is 1.03. The summed E-state index contributed by atoms with van der Waals surface area (Å²) in [5, 5.41) is 0. The summed E-state index contributed by atoms with van der Waals surface area (Å²) in [5.41, 5.74) is 5.18. The second-order valence-corrected chi connectivity index (χ2v) is 1.03. The molecule has 0 atom stereocenters. The molecule has 0 saturated heterocycles. The van der Waals surface area contributed by atoms with Crippen molar-refractivity contribution < 1.29 is 6.85 Å². The van der Waals surface area contributed by atoms with Crippen LogP contribution in [0.5, 0.6) is 0 Å². The fourth-order valence-corrected chi connectivity index (χ4v) is 0.240. The molecule has 2 N–H and O–H groups in total. The molecular weight excluding hydrogens is 90.1 g/mol. The molecule has 0 bridgehead atoms. The van der Waals surface area contributed by atoms with Gasteiger partial charge in [-0.05, 0) is 0 Å². The number of aromatic nitrogens is 2. The summed E-state index contributed by atoms with van der Waals surface area (Å²) < 4.78 is 35.5. The maximum absolute atomic E-state index is 7.14. The lowest BCUT2D eigenvalue weighted by atomic mass is 10.9. The minimum Gasteiger partial charge on any atom is -0.369 e. The van der Waals surface area contributed by atoms with E-state index >= 15 is 0 Å². The standard InChI is InChI=1S/C4H7N3/c1-7-3-2-6-4(7)5/h2-3H,1H3,(H2,5,6)/i1D3,2D,3D. The van der Waals surface area contributed by atoms with Gasteiger partial charge in [0.05, 0.1) is 2.74 Å². The molecule has 7 heavy (non-hydrogen) atoms. The Labute approximate surface area is 48.8 Å². The number of imidazole rings is 1. The van der Waals surface area contributed by atoms with E-state index in [1.54, 1.807) is 0 Å². The third-order valence-corrected chi connectivity index (χ3v) is 0.561. The number of anilines is 1. The van der Waals surface area contributed by atoms with Crippen LogP contribution in [0.2, 0.25) is 0 Å². The van der Waals surface area contributed by atoms with Gasteiger partial charge in [0.2, 0.25) is 0 Å². The molecule has 0 saturated carbocycles. The third kappa shape index (κ3) is 0.559. The lowest BCUT2D eigenvalue weighted by Crippen LogP contribution is -1.94. The zero-order valence-corrected chi connectivity index (χ0v) is 3.47. The average molecular weight is 102 g/mol. The maximum atomic E-state index is 7.14. The van der Waals surface area contributed by atoms with Gasteiger partial charge in [-0.2, -0.15) is 0 Å². The molecule has 0 unspecified atom stereocenters. The topological polar surface area (TPSA) is 43.8 Å². The lowest BCUT2D eigenvalue weighted by Gasteiger charge is -1.87. The minimum absolute atomic E-state index is 0.329. The van der Waals surface area contributed by atoms with E-state index in [-0.39, 0.29) is 5.95 Å². The molecular formula is C4H7N3. The largest absolute Gasteiger partial charge is 0.369 e. The highest BCUT2D eigenvalue weighted by Crippen LogP contribution is 1.90. The van der Waals surface area contributed by atoms with Crippen molar-refractivity contribution in [3.05, 3.63) is 12.3 Å². The summed E-state index contributed by atoms with van der Waals surface area (Å²) in [6, 6.07) is 0. The van der Waals surface area contributed by atoms with E-state index in [1.165, 1.54) is 0 Å². The molecule has 0 aliphatic heterocycles. The van der Waals surface area contributed by atoms with Crippen LogP contribution in [-0.4, -0.2) is 9.55 Å². The van der Waals surface area contributed by atoms with Crippen LogP contribution in [-0.2, 0) is 6.98 Å². The first-order valence-corrected chi connectivity index (χ1v) is 1.66. The Kier molecular flexibility index (Phi) is 0.223. The van der Waals surface area contributed by atoms with Crippen LogP contribution >= 0.6 is 0 Å².